The molecule has 1 saturated carbocycles. The third kappa shape index (κ3) is 4.06. The lowest BCUT2D eigenvalue weighted by Gasteiger charge is -2.29. The Hall–Kier alpha value is -1.43. The Kier molecular flexibility index (Phi) is 6.36. The molecule has 0 unspecified atom stereocenters. The van der Waals surface area contributed by atoms with Crippen LogP contribution in [0.15, 0.2) is 12.1 Å². The van der Waals surface area contributed by atoms with Gasteiger partial charge in [-0.3, -0.25) is 0 Å². The van der Waals surface area contributed by atoms with Gasteiger partial charge in [0.05, 0.1) is 5.56 Å². The van der Waals surface area contributed by atoms with Gasteiger partial charge < -0.3 is 0 Å². The van der Waals surface area contributed by atoms with Gasteiger partial charge in [-0.1, -0.05) is 45.1 Å². The molecule has 0 N–H and O–H groups in total. The van der Waals surface area contributed by atoms with Crippen molar-refractivity contribution in [2.75, 3.05) is 0 Å². The molecule has 0 bridgehead atoms. The standard InChI is InChI=1S/C19H25F2N/c1-2-3-4-5-6-14-7-9-15(10-8-14)17-12-11-16(13-22)18(20)19(17)21/h11-12,14-15H,2-10H2,1H3. The van der Waals surface area contributed by atoms with E-state index in [2.05, 4.69) is 6.92 Å². The van der Waals surface area contributed by atoms with Crippen molar-refractivity contribution in [2.24, 2.45) is 5.92 Å². The van der Waals surface area contributed by atoms with E-state index in [4.69, 9.17) is 5.26 Å². The van der Waals surface area contributed by atoms with Gasteiger partial charge in [0.2, 0.25) is 0 Å². The lowest BCUT2D eigenvalue weighted by molar-refractivity contribution is 0.297. The maximum Gasteiger partial charge on any atom is 0.176 e. The second kappa shape index (κ2) is 8.27. The molecular formula is C19H25F2N. The molecule has 0 radical (unpaired) electrons. The molecule has 1 aliphatic carbocycles. The van der Waals surface area contributed by atoms with Crippen molar-refractivity contribution in [3.63, 3.8) is 0 Å². The normalized spacial score (nSPS) is 21.5. The number of unbranched alkanes of at least 4 members (excludes halogenated alkanes) is 3. The molecule has 3 heteroatoms. The first-order valence-electron chi connectivity index (χ1n) is 8.55. The molecule has 1 nitrogen and oxygen atoms in total. The van der Waals surface area contributed by atoms with Crippen LogP contribution >= 0.6 is 0 Å². The van der Waals surface area contributed by atoms with Crippen molar-refractivity contribution in [2.45, 2.75) is 70.6 Å². The molecule has 2 rings (SSSR count). The average Bonchev–Trinajstić information content (AvgIpc) is 2.55. The van der Waals surface area contributed by atoms with Gasteiger partial charge in [0.1, 0.15) is 6.07 Å². The topological polar surface area (TPSA) is 23.8 Å². The summed E-state index contributed by atoms with van der Waals surface area (Å²) in [6.07, 6.45) is 10.5. The van der Waals surface area contributed by atoms with Gasteiger partial charge in [-0.05, 0) is 49.1 Å². The molecule has 0 amide bonds. The summed E-state index contributed by atoms with van der Waals surface area (Å²) >= 11 is 0. The molecule has 1 fully saturated rings. The average molecular weight is 305 g/mol. The molecule has 0 heterocycles. The quantitative estimate of drug-likeness (QED) is 0.584. The third-order valence-corrected chi connectivity index (χ3v) is 4.99. The van der Waals surface area contributed by atoms with Crippen LogP contribution in [-0.2, 0) is 0 Å². The second-order valence-corrected chi connectivity index (χ2v) is 6.51. The number of nitrogens with zero attached hydrogens (tertiary/aromatic N) is 1. The number of rotatable bonds is 6. The van der Waals surface area contributed by atoms with E-state index in [0.29, 0.717) is 5.56 Å². The number of benzene rings is 1. The van der Waals surface area contributed by atoms with Crippen LogP contribution in [0.25, 0.3) is 0 Å². The van der Waals surface area contributed by atoms with Crippen LogP contribution in [0.2, 0.25) is 0 Å². The first kappa shape index (κ1) is 16.9. The first-order chi connectivity index (χ1) is 10.7. The third-order valence-electron chi connectivity index (χ3n) is 4.99. The van der Waals surface area contributed by atoms with Gasteiger partial charge in [0, 0.05) is 0 Å². The summed E-state index contributed by atoms with van der Waals surface area (Å²) < 4.78 is 27.8. The molecule has 0 spiro atoms. The largest absolute Gasteiger partial charge is 0.203 e. The summed E-state index contributed by atoms with van der Waals surface area (Å²) in [6, 6.07) is 4.70. The van der Waals surface area contributed by atoms with Crippen molar-refractivity contribution in [1.82, 2.24) is 0 Å². The smallest absolute Gasteiger partial charge is 0.176 e. The maximum absolute atomic E-state index is 14.1. The van der Waals surface area contributed by atoms with Crippen LogP contribution in [0.1, 0.15) is 81.8 Å². The summed E-state index contributed by atoms with van der Waals surface area (Å²) in [5.74, 6) is -0.944. The van der Waals surface area contributed by atoms with E-state index in [-0.39, 0.29) is 11.5 Å². The van der Waals surface area contributed by atoms with E-state index in [0.717, 1.165) is 31.6 Å². The van der Waals surface area contributed by atoms with Gasteiger partial charge in [0.25, 0.3) is 0 Å². The minimum Gasteiger partial charge on any atom is -0.203 e. The summed E-state index contributed by atoms with van der Waals surface area (Å²) in [6.45, 7) is 2.22. The highest BCUT2D eigenvalue weighted by molar-refractivity contribution is 5.36. The zero-order chi connectivity index (χ0) is 15.9. The monoisotopic (exact) mass is 305 g/mol. The van der Waals surface area contributed by atoms with Crippen molar-refractivity contribution in [3.8, 4) is 6.07 Å². The van der Waals surface area contributed by atoms with E-state index in [1.165, 1.54) is 38.2 Å². The zero-order valence-electron chi connectivity index (χ0n) is 13.4. The van der Waals surface area contributed by atoms with Gasteiger partial charge in [0.15, 0.2) is 11.6 Å². The number of halogens is 2. The minimum atomic E-state index is -0.985. The van der Waals surface area contributed by atoms with E-state index in [9.17, 15) is 8.78 Å². The van der Waals surface area contributed by atoms with E-state index >= 15 is 0 Å². The van der Waals surface area contributed by atoms with Crippen molar-refractivity contribution >= 4 is 0 Å². The van der Waals surface area contributed by atoms with Crippen molar-refractivity contribution < 1.29 is 8.78 Å². The van der Waals surface area contributed by atoms with Crippen LogP contribution < -0.4 is 0 Å². The van der Waals surface area contributed by atoms with Gasteiger partial charge in [-0.15, -0.1) is 0 Å². The lowest BCUT2D eigenvalue weighted by atomic mass is 9.76. The highest BCUT2D eigenvalue weighted by atomic mass is 19.2. The van der Waals surface area contributed by atoms with Crippen LogP contribution in [0.3, 0.4) is 0 Å². The Balaban J connectivity index is 1.89. The van der Waals surface area contributed by atoms with Crippen molar-refractivity contribution in [3.05, 3.63) is 34.9 Å². The van der Waals surface area contributed by atoms with Gasteiger partial charge in [-0.25, -0.2) is 8.78 Å². The van der Waals surface area contributed by atoms with Crippen LogP contribution in [-0.4, -0.2) is 0 Å². The van der Waals surface area contributed by atoms with Crippen molar-refractivity contribution in [1.29, 1.82) is 5.26 Å². The summed E-state index contributed by atoms with van der Waals surface area (Å²) in [5, 5.41) is 8.74. The fourth-order valence-electron chi connectivity index (χ4n) is 3.59. The fraction of sp³-hybridized carbons (Fsp3) is 0.632. The first-order valence-corrected chi connectivity index (χ1v) is 8.55. The molecular weight excluding hydrogens is 280 g/mol. The SMILES string of the molecule is CCCCCCC1CCC(c2ccc(C#N)c(F)c2F)CC1. The molecule has 1 aliphatic rings. The molecule has 1 aromatic rings. The Morgan fingerprint density at radius 1 is 1.05 bits per heavy atom. The Labute approximate surface area is 132 Å². The molecule has 1 aromatic carbocycles. The minimum absolute atomic E-state index is 0.106. The second-order valence-electron chi connectivity index (χ2n) is 6.51. The fourth-order valence-corrected chi connectivity index (χ4v) is 3.59. The summed E-state index contributed by atoms with van der Waals surface area (Å²) in [4.78, 5) is 0. The molecule has 120 valence electrons. The number of hydrogen-bond donors (Lipinski definition) is 0. The molecule has 0 atom stereocenters. The summed E-state index contributed by atoms with van der Waals surface area (Å²) in [7, 11) is 0. The van der Waals surface area contributed by atoms with Crippen LogP contribution in [0.4, 0.5) is 8.78 Å². The predicted octanol–water partition coefficient (Wildman–Crippen LogP) is 6.08. The van der Waals surface area contributed by atoms with E-state index in [1.54, 1.807) is 12.1 Å². The Morgan fingerprint density at radius 3 is 2.41 bits per heavy atom. The molecule has 0 aromatic heterocycles. The van der Waals surface area contributed by atoms with E-state index in [1.807, 2.05) is 0 Å². The number of hydrogen-bond acceptors (Lipinski definition) is 1. The zero-order valence-corrected chi connectivity index (χ0v) is 13.4. The van der Waals surface area contributed by atoms with Crippen LogP contribution in [0.5, 0.6) is 0 Å². The highest BCUT2D eigenvalue weighted by Gasteiger charge is 2.26. The van der Waals surface area contributed by atoms with E-state index < -0.39 is 11.6 Å². The summed E-state index contributed by atoms with van der Waals surface area (Å²) in [5.41, 5.74) is 0.256. The predicted molar refractivity (Wildman–Crippen MR) is 84.5 cm³/mol. The maximum atomic E-state index is 14.1. The molecule has 22 heavy (non-hydrogen) atoms. The molecule has 0 saturated heterocycles. The van der Waals surface area contributed by atoms with Gasteiger partial charge >= 0.3 is 0 Å². The lowest BCUT2D eigenvalue weighted by Crippen LogP contribution is -2.15. The molecule has 0 aliphatic heterocycles. The van der Waals surface area contributed by atoms with Crippen LogP contribution in [0, 0.1) is 28.9 Å². The Morgan fingerprint density at radius 2 is 1.77 bits per heavy atom. The Bertz CT molecular complexity index is 525. The number of nitriles is 1. The highest BCUT2D eigenvalue weighted by Crippen LogP contribution is 2.39. The van der Waals surface area contributed by atoms with Gasteiger partial charge in [-0.2, -0.15) is 5.26 Å².